The van der Waals surface area contributed by atoms with Crippen LogP contribution in [0.2, 0.25) is 0 Å². The van der Waals surface area contributed by atoms with Gasteiger partial charge in [-0.1, -0.05) is 33.1 Å². The van der Waals surface area contributed by atoms with Gasteiger partial charge in [-0.3, -0.25) is 0 Å². The summed E-state index contributed by atoms with van der Waals surface area (Å²) in [6.07, 6.45) is 6.17. The first kappa shape index (κ1) is 19.1. The average molecular weight is 354 g/mol. The molecule has 4 nitrogen and oxygen atoms in total. The molecule has 0 aromatic heterocycles. The molecule has 0 N–H and O–H groups in total. The molecule has 5 heteroatoms. The summed E-state index contributed by atoms with van der Waals surface area (Å²) in [5.74, 6) is 2.05. The highest BCUT2D eigenvalue weighted by atomic mass is 32.2. The van der Waals surface area contributed by atoms with Crippen molar-refractivity contribution in [1.29, 1.82) is 0 Å². The Morgan fingerprint density at radius 1 is 1.04 bits per heavy atom. The summed E-state index contributed by atoms with van der Waals surface area (Å²) in [6, 6.07) is 8.07. The monoisotopic (exact) mass is 353 g/mol. The van der Waals surface area contributed by atoms with E-state index in [9.17, 15) is 8.42 Å². The number of nitrogens with zero attached hydrogens (tertiary/aromatic N) is 1. The molecule has 1 aromatic carbocycles. The van der Waals surface area contributed by atoms with E-state index < -0.39 is 9.84 Å². The predicted molar refractivity (Wildman–Crippen MR) is 101 cm³/mol. The minimum Gasteiger partial charge on any atom is -0.493 e. The van der Waals surface area contributed by atoms with Crippen molar-refractivity contribution in [2.45, 2.75) is 46.0 Å². The second kappa shape index (κ2) is 9.30. The largest absolute Gasteiger partial charge is 0.493 e. The van der Waals surface area contributed by atoms with Gasteiger partial charge in [0.1, 0.15) is 5.75 Å². The summed E-state index contributed by atoms with van der Waals surface area (Å²) < 4.78 is 29.0. The van der Waals surface area contributed by atoms with Crippen molar-refractivity contribution in [3.8, 4) is 5.75 Å². The fourth-order valence-corrected chi connectivity index (χ4v) is 4.35. The SMILES string of the molecule is CCCCC(CCC)COc1ccc(N2CCS(=O)(=O)CC2)cc1. The first-order chi connectivity index (χ1) is 11.5. The second-order valence-corrected chi connectivity index (χ2v) is 9.04. The van der Waals surface area contributed by atoms with Crippen LogP contribution in [0, 0.1) is 5.92 Å². The molecule has 0 amide bonds. The Morgan fingerprint density at radius 3 is 2.29 bits per heavy atom. The number of anilines is 1. The lowest BCUT2D eigenvalue weighted by molar-refractivity contribution is 0.228. The van der Waals surface area contributed by atoms with Gasteiger partial charge in [-0.15, -0.1) is 0 Å². The molecule has 0 radical (unpaired) electrons. The lowest BCUT2D eigenvalue weighted by Gasteiger charge is -2.28. The molecule has 2 rings (SSSR count). The third kappa shape index (κ3) is 6.00. The van der Waals surface area contributed by atoms with Gasteiger partial charge >= 0.3 is 0 Å². The molecule has 1 unspecified atom stereocenters. The molecule has 1 heterocycles. The standard InChI is InChI=1S/C19H31NO3S/c1-3-5-7-17(6-4-2)16-23-19-10-8-18(9-11-19)20-12-14-24(21,22)15-13-20/h8-11,17H,3-7,12-16H2,1-2H3. The van der Waals surface area contributed by atoms with Crippen LogP contribution in [0.4, 0.5) is 5.69 Å². The molecule has 0 saturated carbocycles. The van der Waals surface area contributed by atoms with Crippen molar-refractivity contribution in [2.24, 2.45) is 5.92 Å². The Kier molecular flexibility index (Phi) is 7.40. The molecule has 0 spiro atoms. The average Bonchev–Trinajstić information content (AvgIpc) is 2.58. The molecule has 1 atom stereocenters. The summed E-state index contributed by atoms with van der Waals surface area (Å²) in [5, 5.41) is 0. The zero-order valence-corrected chi connectivity index (χ0v) is 15.9. The van der Waals surface area contributed by atoms with Crippen molar-refractivity contribution < 1.29 is 13.2 Å². The lowest BCUT2D eigenvalue weighted by atomic mass is 9.98. The van der Waals surface area contributed by atoms with Crippen LogP contribution < -0.4 is 9.64 Å². The van der Waals surface area contributed by atoms with Crippen LogP contribution in [0.25, 0.3) is 0 Å². The maximum absolute atomic E-state index is 11.5. The Morgan fingerprint density at radius 2 is 1.71 bits per heavy atom. The molecule has 1 aromatic rings. The van der Waals surface area contributed by atoms with Crippen LogP contribution in [0.1, 0.15) is 46.0 Å². The normalized spacial score (nSPS) is 18.3. The fourth-order valence-electron chi connectivity index (χ4n) is 3.15. The van der Waals surface area contributed by atoms with E-state index >= 15 is 0 Å². The molecule has 24 heavy (non-hydrogen) atoms. The zero-order valence-electron chi connectivity index (χ0n) is 15.0. The van der Waals surface area contributed by atoms with Gasteiger partial charge in [0.25, 0.3) is 0 Å². The Bertz CT molecular complexity index is 569. The third-order valence-corrected chi connectivity index (χ3v) is 6.30. The smallest absolute Gasteiger partial charge is 0.153 e. The van der Waals surface area contributed by atoms with Gasteiger partial charge in [-0.05, 0) is 43.0 Å². The molecule has 0 aliphatic carbocycles. The summed E-state index contributed by atoms with van der Waals surface area (Å²) in [4.78, 5) is 2.13. The summed E-state index contributed by atoms with van der Waals surface area (Å²) in [5.41, 5.74) is 1.08. The highest BCUT2D eigenvalue weighted by Crippen LogP contribution is 2.23. The zero-order chi connectivity index (χ0) is 17.4. The van der Waals surface area contributed by atoms with E-state index in [1.54, 1.807) is 0 Å². The molecule has 1 saturated heterocycles. The van der Waals surface area contributed by atoms with Crippen molar-refractivity contribution in [3.63, 3.8) is 0 Å². The lowest BCUT2D eigenvalue weighted by Crippen LogP contribution is -2.40. The van der Waals surface area contributed by atoms with Gasteiger partial charge in [0.2, 0.25) is 0 Å². The van der Waals surface area contributed by atoms with E-state index in [2.05, 4.69) is 18.7 Å². The molecule has 1 aliphatic heterocycles. The number of sulfone groups is 1. The van der Waals surface area contributed by atoms with Crippen LogP contribution in [0.3, 0.4) is 0 Å². The van der Waals surface area contributed by atoms with Crippen LogP contribution >= 0.6 is 0 Å². The van der Waals surface area contributed by atoms with Gasteiger partial charge in [-0.2, -0.15) is 0 Å². The fraction of sp³-hybridized carbons (Fsp3) is 0.684. The van der Waals surface area contributed by atoms with E-state index in [0.717, 1.165) is 18.0 Å². The van der Waals surface area contributed by atoms with Crippen LogP contribution in [-0.4, -0.2) is 39.6 Å². The van der Waals surface area contributed by atoms with Crippen molar-refractivity contribution in [3.05, 3.63) is 24.3 Å². The van der Waals surface area contributed by atoms with Crippen molar-refractivity contribution >= 4 is 15.5 Å². The maximum Gasteiger partial charge on any atom is 0.153 e. The number of hydrogen-bond acceptors (Lipinski definition) is 4. The van der Waals surface area contributed by atoms with Gasteiger partial charge < -0.3 is 9.64 Å². The van der Waals surface area contributed by atoms with Crippen LogP contribution in [0.5, 0.6) is 5.75 Å². The van der Waals surface area contributed by atoms with E-state index in [4.69, 9.17) is 4.74 Å². The first-order valence-electron chi connectivity index (χ1n) is 9.22. The van der Waals surface area contributed by atoms with E-state index in [1.807, 2.05) is 24.3 Å². The molecular formula is C19H31NO3S. The van der Waals surface area contributed by atoms with Crippen molar-refractivity contribution in [1.82, 2.24) is 0 Å². The quantitative estimate of drug-likeness (QED) is 0.675. The van der Waals surface area contributed by atoms with Crippen molar-refractivity contribution in [2.75, 3.05) is 36.1 Å². The molecule has 0 bridgehead atoms. The van der Waals surface area contributed by atoms with E-state index in [-0.39, 0.29) is 11.5 Å². The highest BCUT2D eigenvalue weighted by Gasteiger charge is 2.21. The first-order valence-corrected chi connectivity index (χ1v) is 11.0. The Hall–Kier alpha value is -1.23. The van der Waals surface area contributed by atoms with Crippen LogP contribution in [-0.2, 0) is 9.84 Å². The minimum absolute atomic E-state index is 0.251. The van der Waals surface area contributed by atoms with E-state index in [0.29, 0.717) is 19.0 Å². The minimum atomic E-state index is -2.83. The second-order valence-electron chi connectivity index (χ2n) is 6.74. The predicted octanol–water partition coefficient (Wildman–Crippen LogP) is 3.91. The number of ether oxygens (including phenoxy) is 1. The number of hydrogen-bond donors (Lipinski definition) is 0. The van der Waals surface area contributed by atoms with E-state index in [1.165, 1.54) is 32.1 Å². The summed E-state index contributed by atoms with van der Waals surface area (Å²) in [7, 11) is -2.83. The number of rotatable bonds is 9. The third-order valence-electron chi connectivity index (χ3n) is 4.69. The highest BCUT2D eigenvalue weighted by molar-refractivity contribution is 7.91. The molecule has 136 valence electrons. The van der Waals surface area contributed by atoms with Gasteiger partial charge in [-0.25, -0.2) is 8.42 Å². The molecule has 1 aliphatic rings. The Balaban J connectivity index is 1.85. The number of benzene rings is 1. The van der Waals surface area contributed by atoms with Gasteiger partial charge in [0.15, 0.2) is 9.84 Å². The summed E-state index contributed by atoms with van der Waals surface area (Å²) in [6.45, 7) is 6.41. The van der Waals surface area contributed by atoms with Gasteiger partial charge in [0.05, 0.1) is 18.1 Å². The summed E-state index contributed by atoms with van der Waals surface area (Å²) >= 11 is 0. The Labute approximate surface area is 147 Å². The topological polar surface area (TPSA) is 46.6 Å². The maximum atomic E-state index is 11.5. The van der Waals surface area contributed by atoms with Gasteiger partial charge in [0, 0.05) is 18.8 Å². The molecular weight excluding hydrogens is 322 g/mol. The molecule has 1 fully saturated rings. The number of unbranched alkanes of at least 4 members (excludes halogenated alkanes) is 1. The van der Waals surface area contributed by atoms with Crippen LogP contribution in [0.15, 0.2) is 24.3 Å².